The van der Waals surface area contributed by atoms with Crippen molar-refractivity contribution in [3.8, 4) is 0 Å². The maximum atomic E-state index is 13.0. The minimum absolute atomic E-state index is 0.0599. The van der Waals surface area contributed by atoms with Crippen LogP contribution in [-0.4, -0.2) is 71.3 Å². The lowest BCUT2D eigenvalue weighted by Gasteiger charge is -2.36. The van der Waals surface area contributed by atoms with Crippen molar-refractivity contribution < 1.29 is 13.5 Å². The van der Waals surface area contributed by atoms with Crippen LogP contribution in [0.5, 0.6) is 0 Å². The highest BCUT2D eigenvalue weighted by Crippen LogP contribution is 2.37. The number of aromatic nitrogens is 3. The van der Waals surface area contributed by atoms with Crippen molar-refractivity contribution in [2.24, 2.45) is 11.3 Å². The Morgan fingerprint density at radius 2 is 2.07 bits per heavy atom. The highest BCUT2D eigenvalue weighted by Gasteiger charge is 2.41. The molecule has 0 aromatic carbocycles. The molecule has 0 bridgehead atoms. The lowest BCUT2D eigenvalue weighted by atomic mass is 9.85. The van der Waals surface area contributed by atoms with Crippen LogP contribution >= 0.6 is 0 Å². The van der Waals surface area contributed by atoms with Gasteiger partial charge in [0.1, 0.15) is 17.8 Å². The van der Waals surface area contributed by atoms with Crippen molar-refractivity contribution >= 4 is 26.9 Å². The highest BCUT2D eigenvalue weighted by molar-refractivity contribution is 7.89. The molecule has 2 aromatic heterocycles. The van der Waals surface area contributed by atoms with E-state index in [-0.39, 0.29) is 23.7 Å². The molecule has 0 unspecified atom stereocenters. The van der Waals surface area contributed by atoms with E-state index in [1.54, 1.807) is 10.6 Å². The third-order valence-corrected chi connectivity index (χ3v) is 9.35. The van der Waals surface area contributed by atoms with E-state index in [0.29, 0.717) is 19.1 Å². The van der Waals surface area contributed by atoms with Crippen molar-refractivity contribution in [2.75, 3.05) is 37.4 Å². The summed E-state index contributed by atoms with van der Waals surface area (Å²) in [5.41, 5.74) is 0.581. The monoisotopic (exact) mass is 435 g/mol. The number of aliphatic hydroxyl groups excluding tert-OH is 1. The van der Waals surface area contributed by atoms with E-state index >= 15 is 0 Å². The average molecular weight is 436 g/mol. The summed E-state index contributed by atoms with van der Waals surface area (Å²) in [6.45, 7) is 3.09. The van der Waals surface area contributed by atoms with Gasteiger partial charge in [0.05, 0.1) is 11.1 Å². The quantitative estimate of drug-likeness (QED) is 0.692. The van der Waals surface area contributed by atoms with E-state index < -0.39 is 10.0 Å². The fourth-order valence-electron chi connectivity index (χ4n) is 5.08. The van der Waals surface area contributed by atoms with E-state index in [0.717, 1.165) is 55.4 Å². The van der Waals surface area contributed by atoms with Gasteiger partial charge in [-0.1, -0.05) is 6.92 Å². The Balaban J connectivity index is 1.35. The number of fused-ring (bicyclic) bond motifs is 1. The molecule has 9 heteroatoms. The van der Waals surface area contributed by atoms with E-state index in [4.69, 9.17) is 0 Å². The summed E-state index contributed by atoms with van der Waals surface area (Å²) >= 11 is 0. The lowest BCUT2D eigenvalue weighted by Crippen LogP contribution is -2.40. The van der Waals surface area contributed by atoms with Crippen molar-refractivity contribution in [1.82, 2.24) is 19.3 Å². The first-order valence-electron chi connectivity index (χ1n) is 11.0. The summed E-state index contributed by atoms with van der Waals surface area (Å²) in [7, 11) is -1.21. The number of rotatable bonds is 7. The Bertz CT molecular complexity index is 964. The van der Waals surface area contributed by atoms with Gasteiger partial charge < -0.3 is 15.0 Å². The molecule has 2 fully saturated rings. The number of sulfonamides is 1. The molecule has 4 rings (SSSR count). The largest absolute Gasteiger partial charge is 0.396 e. The van der Waals surface area contributed by atoms with Gasteiger partial charge in [-0.3, -0.25) is 0 Å². The molecule has 30 heavy (non-hydrogen) atoms. The summed E-state index contributed by atoms with van der Waals surface area (Å²) < 4.78 is 27.6. The second-order valence-electron chi connectivity index (χ2n) is 9.10. The van der Waals surface area contributed by atoms with Gasteiger partial charge in [-0.2, -0.15) is 0 Å². The Labute approximate surface area is 178 Å². The van der Waals surface area contributed by atoms with Crippen molar-refractivity contribution in [2.45, 2.75) is 51.5 Å². The molecule has 1 saturated heterocycles. The van der Waals surface area contributed by atoms with Gasteiger partial charge in [-0.05, 0) is 50.5 Å². The number of anilines is 1. The number of aliphatic hydroxyl groups is 1. The minimum atomic E-state index is -3.28. The number of H-pyrrole nitrogens is 1. The minimum Gasteiger partial charge on any atom is -0.396 e. The molecule has 2 N–H and O–H groups in total. The van der Waals surface area contributed by atoms with E-state index in [1.807, 2.05) is 19.2 Å². The molecule has 1 aliphatic heterocycles. The number of aromatic amines is 1. The average Bonchev–Trinajstić information content (AvgIpc) is 3.41. The van der Waals surface area contributed by atoms with Crippen molar-refractivity contribution in [1.29, 1.82) is 0 Å². The van der Waals surface area contributed by atoms with Crippen LogP contribution in [-0.2, 0) is 10.0 Å². The van der Waals surface area contributed by atoms with E-state index in [9.17, 15) is 13.5 Å². The predicted molar refractivity (Wildman–Crippen MR) is 118 cm³/mol. The molecule has 1 saturated carbocycles. The van der Waals surface area contributed by atoms with Gasteiger partial charge in [0, 0.05) is 44.4 Å². The molecule has 166 valence electrons. The summed E-state index contributed by atoms with van der Waals surface area (Å²) in [5.74, 6) is 1.35. The summed E-state index contributed by atoms with van der Waals surface area (Å²) in [6, 6.07) is 2.35. The number of hydrogen-bond donors (Lipinski definition) is 2. The van der Waals surface area contributed by atoms with Crippen molar-refractivity contribution in [3.63, 3.8) is 0 Å². The summed E-state index contributed by atoms with van der Waals surface area (Å²) in [4.78, 5) is 14.1. The topological polar surface area (TPSA) is 102 Å². The maximum Gasteiger partial charge on any atom is 0.214 e. The first kappa shape index (κ1) is 21.5. The molecule has 2 aliphatic rings. The third kappa shape index (κ3) is 4.07. The molecule has 0 spiro atoms. The van der Waals surface area contributed by atoms with Gasteiger partial charge in [0.25, 0.3) is 0 Å². The molecule has 1 aliphatic carbocycles. The van der Waals surface area contributed by atoms with Crippen LogP contribution in [0, 0.1) is 11.3 Å². The molecular weight excluding hydrogens is 402 g/mol. The summed E-state index contributed by atoms with van der Waals surface area (Å²) in [5, 5.41) is 10.7. The second kappa shape index (κ2) is 8.43. The van der Waals surface area contributed by atoms with Crippen LogP contribution in [0.15, 0.2) is 18.6 Å². The number of hydrogen-bond acceptors (Lipinski definition) is 6. The molecular formula is C21H33N5O3S. The van der Waals surface area contributed by atoms with Gasteiger partial charge in [0.2, 0.25) is 10.0 Å². The van der Waals surface area contributed by atoms with Crippen LogP contribution in [0.3, 0.4) is 0 Å². The van der Waals surface area contributed by atoms with Crippen molar-refractivity contribution in [3.05, 3.63) is 18.6 Å². The smallest absolute Gasteiger partial charge is 0.214 e. The zero-order chi connectivity index (χ0) is 21.4. The maximum absolute atomic E-state index is 13.0. The molecule has 0 amide bonds. The highest BCUT2D eigenvalue weighted by atomic mass is 32.2. The fraction of sp³-hybridized carbons (Fsp3) is 0.714. The SMILES string of the molecule is CC[C@@]1(CO)CCN(S(=O)(=O)CC2CCC(N(C)c3ncnc4[nH]ccc34)CC2)C1. The van der Waals surface area contributed by atoms with Crippen LogP contribution in [0.2, 0.25) is 0 Å². The Morgan fingerprint density at radius 1 is 1.30 bits per heavy atom. The first-order valence-corrected chi connectivity index (χ1v) is 12.6. The van der Waals surface area contributed by atoms with Gasteiger partial charge in [0.15, 0.2) is 0 Å². The Hall–Kier alpha value is -1.71. The zero-order valence-corrected chi connectivity index (χ0v) is 18.7. The Kier molecular flexibility index (Phi) is 6.05. The van der Waals surface area contributed by atoms with Crippen LogP contribution in [0.25, 0.3) is 11.0 Å². The molecule has 8 nitrogen and oxygen atoms in total. The molecule has 3 heterocycles. The van der Waals surface area contributed by atoms with Gasteiger partial charge >= 0.3 is 0 Å². The second-order valence-corrected chi connectivity index (χ2v) is 11.1. The molecule has 2 aromatic rings. The van der Waals surface area contributed by atoms with Gasteiger partial charge in [-0.15, -0.1) is 0 Å². The summed E-state index contributed by atoms with van der Waals surface area (Å²) in [6.07, 6.45) is 8.76. The van der Waals surface area contributed by atoms with Crippen LogP contribution < -0.4 is 4.90 Å². The first-order chi connectivity index (χ1) is 14.4. The third-order valence-electron chi connectivity index (χ3n) is 7.36. The van der Waals surface area contributed by atoms with Gasteiger partial charge in [-0.25, -0.2) is 22.7 Å². The molecule has 0 radical (unpaired) electrons. The Morgan fingerprint density at radius 3 is 2.73 bits per heavy atom. The predicted octanol–water partition coefficient (Wildman–Crippen LogP) is 2.38. The number of nitrogens with one attached hydrogen (secondary N) is 1. The normalized spacial score (nSPS) is 28.2. The zero-order valence-electron chi connectivity index (χ0n) is 17.9. The molecule has 1 atom stereocenters. The fourth-order valence-corrected chi connectivity index (χ4v) is 7.06. The van der Waals surface area contributed by atoms with Crippen LogP contribution in [0.1, 0.15) is 45.4 Å². The standard InChI is InChI=1S/C21H33N5O3S/c1-3-21(14-27)9-11-26(13-21)30(28,29)12-16-4-6-17(7-5-16)25(2)20-18-8-10-22-19(18)23-15-24-20/h8,10,15-17,27H,3-7,9,11-14H2,1-2H3,(H,22,23,24)/t16?,17?,21-/m1/s1. The van der Waals surface area contributed by atoms with Crippen LogP contribution in [0.4, 0.5) is 5.82 Å². The number of nitrogens with zero attached hydrogens (tertiary/aromatic N) is 4. The van der Waals surface area contributed by atoms with E-state index in [1.165, 1.54) is 0 Å². The van der Waals surface area contributed by atoms with E-state index in [2.05, 4.69) is 26.9 Å². The lowest BCUT2D eigenvalue weighted by molar-refractivity contribution is 0.133.